The summed E-state index contributed by atoms with van der Waals surface area (Å²) in [5, 5.41) is 15.3. The van der Waals surface area contributed by atoms with Gasteiger partial charge in [-0.15, -0.1) is 0 Å². The Labute approximate surface area is 161 Å². The zero-order valence-corrected chi connectivity index (χ0v) is 17.0. The highest BCUT2D eigenvalue weighted by atomic mass is 16.3. The van der Waals surface area contributed by atoms with E-state index in [9.17, 15) is 5.11 Å². The van der Waals surface area contributed by atoms with Crippen LogP contribution in [0.4, 0.5) is 5.69 Å². The van der Waals surface area contributed by atoms with E-state index in [0.717, 1.165) is 53.8 Å². The first-order chi connectivity index (χ1) is 12.8. The fraction of sp³-hybridized carbons (Fsp3) is 0.478. The Hall–Kier alpha value is -2.36. The topological polar surface area (TPSA) is 58.0 Å². The molecule has 0 aliphatic heterocycles. The molecule has 0 spiro atoms. The standard InChI is InChI=1S/C23H29N3O/c1-7-17-18(24-8-2)10-14-9-16-20-15(11-23(16,5)6)19(13(4)27)12(3)25-22(20)21(14)26-17/h10,16,24,27H,3,7-9,11H2,1-2,4-6H3. The molecule has 27 heavy (non-hydrogen) atoms. The van der Waals surface area contributed by atoms with Gasteiger partial charge in [0.15, 0.2) is 0 Å². The molecule has 2 N–H and O–H groups in total. The molecule has 0 saturated carbocycles. The lowest BCUT2D eigenvalue weighted by Crippen LogP contribution is -2.34. The Morgan fingerprint density at radius 3 is 2.67 bits per heavy atom. The van der Waals surface area contributed by atoms with E-state index in [1.165, 1.54) is 16.7 Å². The van der Waals surface area contributed by atoms with E-state index in [4.69, 9.17) is 9.97 Å². The molecule has 2 aromatic heterocycles. The van der Waals surface area contributed by atoms with Crippen LogP contribution in [0.2, 0.25) is 0 Å². The number of rotatable bonds is 3. The van der Waals surface area contributed by atoms with Gasteiger partial charge in [-0.05, 0) is 67.2 Å². The zero-order chi connectivity index (χ0) is 19.5. The molecule has 4 nitrogen and oxygen atoms in total. The van der Waals surface area contributed by atoms with Crippen molar-refractivity contribution >= 4 is 18.0 Å². The second-order valence-electron chi connectivity index (χ2n) is 8.56. The van der Waals surface area contributed by atoms with E-state index in [-0.39, 0.29) is 5.41 Å². The normalized spacial score (nSPS) is 20.1. The van der Waals surface area contributed by atoms with Gasteiger partial charge in [-0.3, -0.25) is 0 Å². The lowest BCUT2D eigenvalue weighted by atomic mass is 9.73. The number of aliphatic hydroxyl groups is 1. The summed E-state index contributed by atoms with van der Waals surface area (Å²) in [5.41, 5.74) is 8.11. The van der Waals surface area contributed by atoms with Gasteiger partial charge in [0.1, 0.15) is 0 Å². The van der Waals surface area contributed by atoms with Gasteiger partial charge < -0.3 is 10.4 Å². The lowest BCUT2D eigenvalue weighted by Gasteiger charge is -2.32. The van der Waals surface area contributed by atoms with E-state index < -0.39 is 0 Å². The third-order valence-electron chi connectivity index (χ3n) is 6.23. The van der Waals surface area contributed by atoms with Crippen LogP contribution < -0.4 is 15.9 Å². The number of aryl methyl sites for hydroxylation is 1. The summed E-state index contributed by atoms with van der Waals surface area (Å²) < 4.78 is 0. The Morgan fingerprint density at radius 2 is 2.04 bits per heavy atom. The van der Waals surface area contributed by atoms with E-state index in [1.54, 1.807) is 6.92 Å². The Bertz CT molecular complexity index is 1050. The summed E-state index contributed by atoms with van der Waals surface area (Å²) in [6.07, 6.45) is 2.79. The summed E-state index contributed by atoms with van der Waals surface area (Å²) in [6.45, 7) is 15.7. The molecule has 2 aliphatic rings. The van der Waals surface area contributed by atoms with Crippen LogP contribution >= 0.6 is 0 Å². The quantitative estimate of drug-likeness (QED) is 0.877. The minimum atomic E-state index is 0.121. The fourth-order valence-electron chi connectivity index (χ4n) is 5.00. The van der Waals surface area contributed by atoms with Crippen molar-refractivity contribution in [1.82, 2.24) is 9.97 Å². The molecule has 0 radical (unpaired) electrons. The maximum absolute atomic E-state index is 10.3. The first kappa shape index (κ1) is 18.0. The summed E-state index contributed by atoms with van der Waals surface area (Å²) in [6, 6.07) is 2.28. The third kappa shape index (κ3) is 2.57. The average molecular weight is 364 g/mol. The van der Waals surface area contributed by atoms with Crippen LogP contribution in [0.25, 0.3) is 23.7 Å². The van der Waals surface area contributed by atoms with Crippen molar-refractivity contribution in [2.75, 3.05) is 11.9 Å². The predicted molar refractivity (Wildman–Crippen MR) is 111 cm³/mol. The van der Waals surface area contributed by atoms with Crippen LogP contribution in [-0.4, -0.2) is 21.6 Å². The predicted octanol–water partition coefficient (Wildman–Crippen LogP) is 3.46. The van der Waals surface area contributed by atoms with Crippen molar-refractivity contribution in [3.63, 3.8) is 0 Å². The number of hydrogen-bond acceptors (Lipinski definition) is 4. The minimum absolute atomic E-state index is 0.121. The van der Waals surface area contributed by atoms with E-state index in [1.807, 2.05) is 0 Å². The van der Waals surface area contributed by atoms with Crippen LogP contribution in [0.3, 0.4) is 0 Å². The van der Waals surface area contributed by atoms with E-state index >= 15 is 0 Å². The molecular weight excluding hydrogens is 334 g/mol. The van der Waals surface area contributed by atoms with Crippen molar-refractivity contribution < 1.29 is 5.11 Å². The number of aliphatic hydroxyl groups excluding tert-OH is 1. The fourth-order valence-corrected chi connectivity index (χ4v) is 5.00. The highest BCUT2D eigenvalue weighted by Crippen LogP contribution is 2.53. The maximum Gasteiger partial charge on any atom is 0.0988 e. The number of aromatic nitrogens is 2. The Kier molecular flexibility index (Phi) is 4.06. The third-order valence-corrected chi connectivity index (χ3v) is 6.23. The molecule has 2 aliphatic carbocycles. The number of nitrogens with one attached hydrogen (secondary N) is 1. The molecule has 1 unspecified atom stereocenters. The first-order valence-corrected chi connectivity index (χ1v) is 9.97. The summed E-state index contributed by atoms with van der Waals surface area (Å²) in [7, 11) is 0. The molecule has 142 valence electrons. The molecule has 0 fully saturated rings. The molecule has 2 aromatic rings. The summed E-state index contributed by atoms with van der Waals surface area (Å²) in [5.74, 6) is 0.710. The smallest absolute Gasteiger partial charge is 0.0988 e. The second-order valence-corrected chi connectivity index (χ2v) is 8.56. The summed E-state index contributed by atoms with van der Waals surface area (Å²) in [4.78, 5) is 9.91. The number of anilines is 1. The molecule has 2 heterocycles. The van der Waals surface area contributed by atoms with Crippen LogP contribution in [0, 0.1) is 5.41 Å². The first-order valence-electron chi connectivity index (χ1n) is 9.97. The zero-order valence-electron chi connectivity index (χ0n) is 17.0. The Balaban J connectivity index is 2.07. The minimum Gasteiger partial charge on any atom is -0.512 e. The van der Waals surface area contributed by atoms with E-state index in [0.29, 0.717) is 17.0 Å². The molecule has 0 saturated heterocycles. The van der Waals surface area contributed by atoms with Crippen molar-refractivity contribution in [3.05, 3.63) is 39.0 Å². The lowest BCUT2D eigenvalue weighted by molar-refractivity contribution is 0.309. The molecule has 1 atom stereocenters. The van der Waals surface area contributed by atoms with Gasteiger partial charge in [-0.2, -0.15) is 0 Å². The number of pyridine rings is 2. The molecular formula is C23H29N3O. The van der Waals surface area contributed by atoms with Gasteiger partial charge in [-0.25, -0.2) is 9.97 Å². The Morgan fingerprint density at radius 1 is 1.30 bits per heavy atom. The second kappa shape index (κ2) is 6.08. The van der Waals surface area contributed by atoms with Crippen LogP contribution in [0.15, 0.2) is 6.07 Å². The van der Waals surface area contributed by atoms with Crippen LogP contribution in [0.1, 0.15) is 62.9 Å². The van der Waals surface area contributed by atoms with E-state index in [2.05, 4.69) is 45.7 Å². The average Bonchev–Trinajstić information content (AvgIpc) is 2.85. The monoisotopic (exact) mass is 363 g/mol. The highest BCUT2D eigenvalue weighted by Gasteiger charge is 2.45. The SMILES string of the molecule is C=c1nc2c3c(c1=C(C)O)CC(C)(C)C3Cc1cc(NCC)c(CC)nc1-2. The van der Waals surface area contributed by atoms with Gasteiger partial charge in [0.25, 0.3) is 0 Å². The van der Waals surface area contributed by atoms with Crippen molar-refractivity contribution in [2.24, 2.45) is 5.41 Å². The highest BCUT2D eigenvalue weighted by molar-refractivity contribution is 5.73. The number of hydrogen-bond donors (Lipinski definition) is 2. The van der Waals surface area contributed by atoms with Crippen LogP contribution in [-0.2, 0) is 19.3 Å². The van der Waals surface area contributed by atoms with Crippen molar-refractivity contribution in [2.45, 2.75) is 59.8 Å². The van der Waals surface area contributed by atoms with Crippen molar-refractivity contribution in [3.8, 4) is 11.4 Å². The van der Waals surface area contributed by atoms with Crippen molar-refractivity contribution in [1.29, 1.82) is 0 Å². The van der Waals surface area contributed by atoms with Gasteiger partial charge >= 0.3 is 0 Å². The van der Waals surface area contributed by atoms with Gasteiger partial charge in [0.05, 0.1) is 33.9 Å². The largest absolute Gasteiger partial charge is 0.512 e. The number of nitrogens with zero attached hydrogens (tertiary/aromatic N) is 2. The van der Waals surface area contributed by atoms with Gasteiger partial charge in [0, 0.05) is 11.8 Å². The summed E-state index contributed by atoms with van der Waals surface area (Å²) >= 11 is 0. The van der Waals surface area contributed by atoms with Gasteiger partial charge in [0.2, 0.25) is 0 Å². The molecule has 0 aromatic carbocycles. The molecule has 0 bridgehead atoms. The molecule has 0 amide bonds. The number of fused-ring (bicyclic) bond motifs is 2. The maximum atomic E-state index is 10.3. The van der Waals surface area contributed by atoms with Gasteiger partial charge in [-0.1, -0.05) is 27.4 Å². The molecule has 4 rings (SSSR count). The van der Waals surface area contributed by atoms with Crippen LogP contribution in [0.5, 0.6) is 0 Å². The molecule has 4 heteroatoms.